The molecule has 84 valence electrons. The van der Waals surface area contributed by atoms with Gasteiger partial charge in [0.2, 0.25) is 0 Å². The third-order valence-electron chi connectivity index (χ3n) is 3.27. The zero-order valence-corrected chi connectivity index (χ0v) is 11.5. The lowest BCUT2D eigenvalue weighted by Gasteiger charge is -2.14. The summed E-state index contributed by atoms with van der Waals surface area (Å²) in [5.41, 5.74) is 2.92. The Kier molecular flexibility index (Phi) is 5.38. The monoisotopic (exact) mass is 268 g/mol. The molecule has 0 aliphatic heterocycles. The Morgan fingerprint density at radius 2 is 1.53 bits per heavy atom. The molecule has 0 amide bonds. The first-order valence-corrected chi connectivity index (χ1v) is 7.00. The maximum atomic E-state index is 3.57. The molecule has 0 N–H and O–H groups in total. The molecule has 0 saturated heterocycles. The smallest absolute Gasteiger partial charge is 0.0100 e. The van der Waals surface area contributed by atoms with Gasteiger partial charge in [-0.15, -0.1) is 0 Å². The quantitative estimate of drug-likeness (QED) is 0.653. The van der Waals surface area contributed by atoms with Crippen molar-refractivity contribution in [2.45, 2.75) is 45.4 Å². The lowest BCUT2D eigenvalue weighted by molar-refractivity contribution is 0.725. The zero-order valence-electron chi connectivity index (χ0n) is 9.96. The van der Waals surface area contributed by atoms with E-state index in [0.717, 1.165) is 5.33 Å². The van der Waals surface area contributed by atoms with Crippen LogP contribution in [0.3, 0.4) is 0 Å². The number of hydrogen-bond donors (Lipinski definition) is 0. The van der Waals surface area contributed by atoms with Crippen LogP contribution in [-0.2, 0) is 0 Å². The molecule has 0 aromatic heterocycles. The summed E-state index contributed by atoms with van der Waals surface area (Å²) in [4.78, 5) is 0. The van der Waals surface area contributed by atoms with Crippen LogP contribution in [0.4, 0.5) is 0 Å². The van der Waals surface area contributed by atoms with E-state index < -0.39 is 0 Å². The summed E-state index contributed by atoms with van der Waals surface area (Å²) >= 11 is 3.57. The molecule has 15 heavy (non-hydrogen) atoms. The second kappa shape index (κ2) is 6.32. The van der Waals surface area contributed by atoms with E-state index in [1.165, 1.54) is 24.0 Å². The van der Waals surface area contributed by atoms with Gasteiger partial charge in [0.05, 0.1) is 0 Å². The predicted molar refractivity (Wildman–Crippen MR) is 72.0 cm³/mol. The summed E-state index contributed by atoms with van der Waals surface area (Å²) in [6.45, 7) is 6.78. The van der Waals surface area contributed by atoms with Crippen molar-refractivity contribution < 1.29 is 0 Å². The largest absolute Gasteiger partial charge is 0.0921 e. The molecule has 0 fully saturated rings. The Balaban J connectivity index is 2.79. The van der Waals surface area contributed by atoms with Crippen molar-refractivity contribution >= 4 is 15.9 Å². The van der Waals surface area contributed by atoms with Crippen LogP contribution >= 0.6 is 15.9 Å². The molecular formula is C14H21Br. The highest BCUT2D eigenvalue weighted by atomic mass is 79.9. The minimum atomic E-state index is 0.663. The van der Waals surface area contributed by atoms with Crippen molar-refractivity contribution in [2.75, 3.05) is 5.33 Å². The highest BCUT2D eigenvalue weighted by Crippen LogP contribution is 2.25. The molecule has 1 aromatic rings. The molecular weight excluding hydrogens is 248 g/mol. The normalized spacial score (nSPS) is 14.9. The Morgan fingerprint density at radius 1 is 1.00 bits per heavy atom. The van der Waals surface area contributed by atoms with Crippen molar-refractivity contribution in [3.63, 3.8) is 0 Å². The molecule has 1 heteroatoms. The zero-order chi connectivity index (χ0) is 11.3. The first kappa shape index (κ1) is 12.8. The molecule has 2 unspecified atom stereocenters. The van der Waals surface area contributed by atoms with E-state index in [4.69, 9.17) is 0 Å². The van der Waals surface area contributed by atoms with E-state index >= 15 is 0 Å². The van der Waals surface area contributed by atoms with Gasteiger partial charge in [-0.25, -0.2) is 0 Å². The lowest BCUT2D eigenvalue weighted by atomic mass is 9.93. The Morgan fingerprint density at radius 3 is 1.93 bits per heavy atom. The highest BCUT2D eigenvalue weighted by molar-refractivity contribution is 9.09. The molecule has 0 spiro atoms. The Hall–Kier alpha value is -0.300. The summed E-state index contributed by atoms with van der Waals surface area (Å²) in [5.74, 6) is 1.35. The summed E-state index contributed by atoms with van der Waals surface area (Å²) in [6, 6.07) is 9.15. The van der Waals surface area contributed by atoms with Crippen molar-refractivity contribution in [2.24, 2.45) is 0 Å². The second-order valence-electron chi connectivity index (χ2n) is 4.24. The second-order valence-corrected chi connectivity index (χ2v) is 4.88. The lowest BCUT2D eigenvalue weighted by Crippen LogP contribution is -1.99. The maximum Gasteiger partial charge on any atom is 0.0100 e. The maximum absolute atomic E-state index is 3.57. The number of alkyl halides is 1. The van der Waals surface area contributed by atoms with Gasteiger partial charge in [-0.05, 0) is 35.8 Å². The predicted octanol–water partition coefficient (Wildman–Crippen LogP) is 5.09. The SMILES string of the molecule is CCC(C)c1ccc(C(CC)CBr)cc1. The van der Waals surface area contributed by atoms with E-state index in [0.29, 0.717) is 11.8 Å². The van der Waals surface area contributed by atoms with Crippen molar-refractivity contribution in [3.8, 4) is 0 Å². The van der Waals surface area contributed by atoms with Crippen molar-refractivity contribution in [1.29, 1.82) is 0 Å². The minimum absolute atomic E-state index is 0.663. The van der Waals surface area contributed by atoms with E-state index in [-0.39, 0.29) is 0 Å². The Bertz CT molecular complexity index is 272. The number of rotatable bonds is 5. The molecule has 1 aromatic carbocycles. The minimum Gasteiger partial charge on any atom is -0.0921 e. The van der Waals surface area contributed by atoms with Gasteiger partial charge in [-0.2, -0.15) is 0 Å². The fourth-order valence-electron chi connectivity index (χ4n) is 1.77. The number of benzene rings is 1. The third-order valence-corrected chi connectivity index (χ3v) is 4.05. The molecule has 0 nitrogen and oxygen atoms in total. The van der Waals surface area contributed by atoms with Crippen LogP contribution < -0.4 is 0 Å². The van der Waals surface area contributed by atoms with Crippen LogP contribution in [-0.4, -0.2) is 5.33 Å². The first-order valence-electron chi connectivity index (χ1n) is 5.88. The molecule has 0 bridgehead atoms. The van der Waals surface area contributed by atoms with Crippen LogP contribution in [0.5, 0.6) is 0 Å². The van der Waals surface area contributed by atoms with E-state index in [2.05, 4.69) is 61.0 Å². The van der Waals surface area contributed by atoms with E-state index in [1.807, 2.05) is 0 Å². The standard InChI is InChI=1S/C14H21Br/c1-4-11(3)13-6-8-14(9-7-13)12(5-2)10-15/h6-9,11-12H,4-5,10H2,1-3H3. The topological polar surface area (TPSA) is 0 Å². The third kappa shape index (κ3) is 3.34. The molecule has 1 rings (SSSR count). The van der Waals surface area contributed by atoms with Gasteiger partial charge in [0.15, 0.2) is 0 Å². The van der Waals surface area contributed by atoms with Gasteiger partial charge >= 0.3 is 0 Å². The van der Waals surface area contributed by atoms with E-state index in [9.17, 15) is 0 Å². The average molecular weight is 269 g/mol. The molecule has 0 saturated carbocycles. The van der Waals surface area contributed by atoms with Gasteiger partial charge in [-0.3, -0.25) is 0 Å². The Labute approximate surface area is 102 Å². The van der Waals surface area contributed by atoms with Crippen LogP contribution in [0.15, 0.2) is 24.3 Å². The molecule has 0 aliphatic carbocycles. The van der Waals surface area contributed by atoms with E-state index in [1.54, 1.807) is 0 Å². The first-order chi connectivity index (χ1) is 7.22. The molecule has 2 atom stereocenters. The van der Waals surface area contributed by atoms with Gasteiger partial charge < -0.3 is 0 Å². The number of halogens is 1. The van der Waals surface area contributed by atoms with Gasteiger partial charge in [0.1, 0.15) is 0 Å². The van der Waals surface area contributed by atoms with Crippen LogP contribution in [0.25, 0.3) is 0 Å². The van der Waals surface area contributed by atoms with Gasteiger partial charge in [-0.1, -0.05) is 61.0 Å². The van der Waals surface area contributed by atoms with Crippen LogP contribution in [0.1, 0.15) is 56.6 Å². The summed E-state index contributed by atoms with van der Waals surface area (Å²) in [7, 11) is 0. The van der Waals surface area contributed by atoms with Crippen LogP contribution in [0.2, 0.25) is 0 Å². The summed E-state index contributed by atoms with van der Waals surface area (Å²) in [5, 5.41) is 1.06. The van der Waals surface area contributed by atoms with Gasteiger partial charge in [0.25, 0.3) is 0 Å². The molecule has 0 aliphatic rings. The molecule has 0 radical (unpaired) electrons. The average Bonchev–Trinajstić information content (AvgIpc) is 2.30. The van der Waals surface area contributed by atoms with Gasteiger partial charge in [0, 0.05) is 5.33 Å². The summed E-state index contributed by atoms with van der Waals surface area (Å²) < 4.78 is 0. The van der Waals surface area contributed by atoms with Crippen molar-refractivity contribution in [3.05, 3.63) is 35.4 Å². The van der Waals surface area contributed by atoms with Crippen LogP contribution in [0, 0.1) is 0 Å². The fourth-order valence-corrected chi connectivity index (χ4v) is 2.60. The molecule has 0 heterocycles. The fraction of sp³-hybridized carbons (Fsp3) is 0.571. The number of hydrogen-bond acceptors (Lipinski definition) is 0. The summed E-state index contributed by atoms with van der Waals surface area (Å²) in [6.07, 6.45) is 2.42. The highest BCUT2D eigenvalue weighted by Gasteiger charge is 2.08. The van der Waals surface area contributed by atoms with Crippen molar-refractivity contribution in [1.82, 2.24) is 0 Å².